The van der Waals surface area contributed by atoms with Crippen LogP contribution in [0.4, 0.5) is 0 Å². The van der Waals surface area contributed by atoms with Gasteiger partial charge in [0.25, 0.3) is 0 Å². The van der Waals surface area contributed by atoms with Crippen LogP contribution in [0.25, 0.3) is 11.3 Å². The van der Waals surface area contributed by atoms with Crippen LogP contribution in [0.3, 0.4) is 0 Å². The first-order valence-corrected chi connectivity index (χ1v) is 6.03. The lowest BCUT2D eigenvalue weighted by atomic mass is 10.1. The van der Waals surface area contributed by atoms with E-state index in [9.17, 15) is 0 Å². The summed E-state index contributed by atoms with van der Waals surface area (Å²) in [5.74, 6) is 0. The van der Waals surface area contributed by atoms with Crippen LogP contribution >= 0.6 is 11.6 Å². The minimum Gasteiger partial charge on any atom is -0.345 e. The second-order valence-corrected chi connectivity index (χ2v) is 4.28. The molecular weight excluding hydrogens is 252 g/mol. The molecule has 2 aromatic rings. The van der Waals surface area contributed by atoms with Crippen molar-refractivity contribution in [2.24, 2.45) is 0 Å². The fraction of sp³-hybridized carbons (Fsp3) is 0.231. The molecule has 0 atom stereocenters. The molecule has 2 aromatic heterocycles. The first kappa shape index (κ1) is 11.6. The van der Waals surface area contributed by atoms with Crippen molar-refractivity contribution < 1.29 is 9.47 Å². The van der Waals surface area contributed by atoms with E-state index in [1.54, 1.807) is 12.3 Å². The summed E-state index contributed by atoms with van der Waals surface area (Å²) in [7, 11) is 0. The number of pyridine rings is 2. The summed E-state index contributed by atoms with van der Waals surface area (Å²) >= 11 is 5.89. The Bertz CT molecular complexity index is 556. The van der Waals surface area contributed by atoms with Gasteiger partial charge in [-0.05, 0) is 24.3 Å². The highest BCUT2D eigenvalue weighted by molar-refractivity contribution is 6.29. The largest absolute Gasteiger partial charge is 0.345 e. The van der Waals surface area contributed by atoms with Crippen molar-refractivity contribution in [1.82, 2.24) is 9.97 Å². The molecule has 0 saturated carbocycles. The van der Waals surface area contributed by atoms with E-state index in [1.807, 2.05) is 24.3 Å². The van der Waals surface area contributed by atoms with Gasteiger partial charge in [-0.3, -0.25) is 4.98 Å². The van der Waals surface area contributed by atoms with Crippen molar-refractivity contribution in [3.05, 3.63) is 47.4 Å². The summed E-state index contributed by atoms with van der Waals surface area (Å²) in [5.41, 5.74) is 2.51. The Morgan fingerprint density at radius 2 is 2.00 bits per heavy atom. The second kappa shape index (κ2) is 5.02. The van der Waals surface area contributed by atoms with Crippen molar-refractivity contribution in [3.8, 4) is 11.3 Å². The van der Waals surface area contributed by atoms with Crippen molar-refractivity contribution in [3.63, 3.8) is 0 Å². The lowest BCUT2D eigenvalue weighted by Gasteiger charge is -2.09. The van der Waals surface area contributed by atoms with E-state index >= 15 is 0 Å². The van der Waals surface area contributed by atoms with Crippen molar-refractivity contribution in [1.29, 1.82) is 0 Å². The third-order valence-corrected chi connectivity index (χ3v) is 2.87. The van der Waals surface area contributed by atoms with Crippen molar-refractivity contribution in [2.45, 2.75) is 6.29 Å². The Morgan fingerprint density at radius 3 is 2.78 bits per heavy atom. The van der Waals surface area contributed by atoms with Gasteiger partial charge < -0.3 is 9.47 Å². The van der Waals surface area contributed by atoms with Crippen LogP contribution in [0, 0.1) is 0 Å². The molecule has 4 nitrogen and oxygen atoms in total. The molecule has 1 aliphatic heterocycles. The highest BCUT2D eigenvalue weighted by Gasteiger charge is 2.20. The first-order valence-electron chi connectivity index (χ1n) is 5.65. The van der Waals surface area contributed by atoms with Crippen LogP contribution < -0.4 is 0 Å². The van der Waals surface area contributed by atoms with Gasteiger partial charge in [-0.1, -0.05) is 17.7 Å². The highest BCUT2D eigenvalue weighted by atomic mass is 35.5. The predicted octanol–water partition coefficient (Wildman–Crippen LogP) is 2.84. The topological polar surface area (TPSA) is 44.2 Å². The van der Waals surface area contributed by atoms with Crippen LogP contribution in [0.15, 0.2) is 36.5 Å². The Balaban J connectivity index is 1.95. The molecule has 92 valence electrons. The zero-order valence-corrected chi connectivity index (χ0v) is 10.3. The predicted molar refractivity (Wildman–Crippen MR) is 67.1 cm³/mol. The standard InChI is InChI=1S/C13H11ClN2O2/c14-12-3-1-2-10(16-12)9-4-5-15-11(8-9)13-17-6-7-18-13/h1-5,8,13H,6-7H2. The van der Waals surface area contributed by atoms with E-state index in [-0.39, 0.29) is 6.29 Å². The van der Waals surface area contributed by atoms with Crippen LogP contribution in [0.2, 0.25) is 5.15 Å². The normalized spacial score (nSPS) is 16.1. The molecule has 0 radical (unpaired) electrons. The molecule has 3 heterocycles. The lowest BCUT2D eigenvalue weighted by Crippen LogP contribution is -2.01. The molecular formula is C13H11ClN2O2. The van der Waals surface area contributed by atoms with Crippen LogP contribution in [0.5, 0.6) is 0 Å². The quantitative estimate of drug-likeness (QED) is 0.781. The van der Waals surface area contributed by atoms with Crippen molar-refractivity contribution >= 4 is 11.6 Å². The number of aromatic nitrogens is 2. The molecule has 0 aliphatic carbocycles. The summed E-state index contributed by atoms with van der Waals surface area (Å²) in [6, 6.07) is 9.32. The molecule has 0 N–H and O–H groups in total. The number of nitrogens with zero attached hydrogens (tertiary/aromatic N) is 2. The van der Waals surface area contributed by atoms with Crippen molar-refractivity contribution in [2.75, 3.05) is 13.2 Å². The number of hydrogen-bond donors (Lipinski definition) is 0. The maximum absolute atomic E-state index is 5.89. The Kier molecular flexibility index (Phi) is 3.23. The number of halogens is 1. The lowest BCUT2D eigenvalue weighted by molar-refractivity contribution is -0.0472. The molecule has 0 unspecified atom stereocenters. The van der Waals surface area contributed by atoms with Gasteiger partial charge in [0.1, 0.15) is 5.15 Å². The SMILES string of the molecule is Clc1cccc(-c2ccnc(C3OCCO3)c2)n1. The van der Waals surface area contributed by atoms with E-state index < -0.39 is 0 Å². The van der Waals surface area contributed by atoms with E-state index in [4.69, 9.17) is 21.1 Å². The van der Waals surface area contributed by atoms with Crippen LogP contribution in [0.1, 0.15) is 12.0 Å². The third-order valence-electron chi connectivity index (χ3n) is 2.66. The maximum atomic E-state index is 5.89. The van der Waals surface area contributed by atoms with Crippen LogP contribution in [-0.4, -0.2) is 23.2 Å². The molecule has 3 rings (SSSR count). The summed E-state index contributed by atoms with van der Waals surface area (Å²) in [4.78, 5) is 8.53. The average Bonchev–Trinajstić information content (AvgIpc) is 2.93. The second-order valence-electron chi connectivity index (χ2n) is 3.89. The van der Waals surface area contributed by atoms with E-state index in [1.165, 1.54) is 0 Å². The highest BCUT2D eigenvalue weighted by Crippen LogP contribution is 2.25. The molecule has 0 aromatic carbocycles. The van der Waals surface area contributed by atoms with Gasteiger partial charge in [0.2, 0.25) is 6.29 Å². The summed E-state index contributed by atoms with van der Waals surface area (Å²) in [5, 5.41) is 0.472. The molecule has 1 saturated heterocycles. The zero-order valence-electron chi connectivity index (χ0n) is 9.54. The number of ether oxygens (including phenoxy) is 2. The smallest absolute Gasteiger partial charge is 0.201 e. The Labute approximate surface area is 110 Å². The molecule has 18 heavy (non-hydrogen) atoms. The van der Waals surface area contributed by atoms with Gasteiger partial charge >= 0.3 is 0 Å². The molecule has 5 heteroatoms. The minimum absolute atomic E-state index is 0.371. The third kappa shape index (κ3) is 2.36. The van der Waals surface area contributed by atoms with E-state index in [2.05, 4.69) is 9.97 Å². The Hall–Kier alpha value is -1.49. The molecule has 0 bridgehead atoms. The zero-order chi connectivity index (χ0) is 12.4. The fourth-order valence-corrected chi connectivity index (χ4v) is 2.00. The summed E-state index contributed by atoms with van der Waals surface area (Å²) < 4.78 is 10.8. The van der Waals surface area contributed by atoms with Gasteiger partial charge in [-0.15, -0.1) is 0 Å². The minimum atomic E-state index is -0.371. The Morgan fingerprint density at radius 1 is 1.17 bits per heavy atom. The molecule has 0 amide bonds. The summed E-state index contributed by atoms with van der Waals surface area (Å²) in [6.07, 6.45) is 1.35. The first-order chi connectivity index (χ1) is 8.83. The number of hydrogen-bond acceptors (Lipinski definition) is 4. The van der Waals surface area contributed by atoms with Gasteiger partial charge in [0.05, 0.1) is 24.6 Å². The van der Waals surface area contributed by atoms with Gasteiger partial charge in [0, 0.05) is 11.8 Å². The molecule has 1 aliphatic rings. The fourth-order valence-electron chi connectivity index (χ4n) is 1.83. The van der Waals surface area contributed by atoms with Gasteiger partial charge in [-0.25, -0.2) is 4.98 Å². The number of rotatable bonds is 2. The van der Waals surface area contributed by atoms with E-state index in [0.717, 1.165) is 17.0 Å². The molecule has 1 fully saturated rings. The van der Waals surface area contributed by atoms with Gasteiger partial charge in [-0.2, -0.15) is 0 Å². The molecule has 0 spiro atoms. The maximum Gasteiger partial charge on any atom is 0.201 e. The van der Waals surface area contributed by atoms with E-state index in [0.29, 0.717) is 18.4 Å². The average molecular weight is 263 g/mol. The van der Waals surface area contributed by atoms with Crippen LogP contribution in [-0.2, 0) is 9.47 Å². The van der Waals surface area contributed by atoms with Gasteiger partial charge in [0.15, 0.2) is 0 Å². The summed E-state index contributed by atoms with van der Waals surface area (Å²) in [6.45, 7) is 1.21. The monoisotopic (exact) mass is 262 g/mol.